The Morgan fingerprint density at radius 2 is 1.34 bits per heavy atom. The van der Waals surface area contributed by atoms with Gasteiger partial charge in [-0.3, -0.25) is 9.59 Å². The van der Waals surface area contributed by atoms with E-state index in [0.717, 1.165) is 45.4 Å². The first-order chi connectivity index (χ1) is 31.2. The maximum absolute atomic E-state index is 14.2. The molecule has 2 aliphatic rings. The number of nitrogens with one attached hydrogen (secondary N) is 4. The second-order valence-corrected chi connectivity index (χ2v) is 17.4. The summed E-state index contributed by atoms with van der Waals surface area (Å²) in [6.45, 7) is 5.00. The Morgan fingerprint density at radius 1 is 0.754 bits per heavy atom. The van der Waals surface area contributed by atoms with E-state index in [-0.39, 0.29) is 17.9 Å². The third-order valence-corrected chi connectivity index (χ3v) is 12.3. The van der Waals surface area contributed by atoms with Gasteiger partial charge in [0, 0.05) is 73.6 Å². The van der Waals surface area contributed by atoms with Gasteiger partial charge in [-0.05, 0) is 67.3 Å². The molecular weight excluding hydrogens is 864 g/mol. The van der Waals surface area contributed by atoms with Crippen LogP contribution in [-0.2, 0) is 9.59 Å². The third-order valence-electron chi connectivity index (χ3n) is 11.6. The highest BCUT2D eigenvalue weighted by Gasteiger charge is 2.40. The fourth-order valence-electron chi connectivity index (χ4n) is 8.19. The van der Waals surface area contributed by atoms with Crippen molar-refractivity contribution in [2.75, 3.05) is 41.3 Å². The van der Waals surface area contributed by atoms with E-state index in [2.05, 4.69) is 39.0 Å². The maximum atomic E-state index is 14.2. The zero-order valence-electron chi connectivity index (χ0n) is 36.4. The van der Waals surface area contributed by atoms with Gasteiger partial charge >= 0.3 is 12.1 Å². The van der Waals surface area contributed by atoms with Crippen molar-refractivity contribution >= 4 is 58.1 Å². The number of nitrogens with zero attached hydrogens (tertiary/aromatic N) is 6. The molecule has 0 spiro atoms. The molecule has 0 saturated carbocycles. The van der Waals surface area contributed by atoms with Crippen molar-refractivity contribution in [1.82, 2.24) is 50.2 Å². The van der Waals surface area contributed by atoms with Crippen LogP contribution in [0.15, 0.2) is 109 Å². The highest BCUT2D eigenvalue weighted by atomic mass is 35.5. The molecule has 14 nitrogen and oxygen atoms in total. The molecule has 65 heavy (non-hydrogen) atoms. The van der Waals surface area contributed by atoms with Crippen molar-refractivity contribution in [2.45, 2.75) is 43.4 Å². The van der Waals surface area contributed by atoms with E-state index in [0.29, 0.717) is 58.8 Å². The van der Waals surface area contributed by atoms with Crippen molar-refractivity contribution in [3.05, 3.63) is 153 Å². The molecule has 0 bridgehead atoms. The topological polar surface area (TPSA) is 163 Å². The van der Waals surface area contributed by atoms with E-state index in [1.165, 1.54) is 9.80 Å². The first kappa shape index (κ1) is 44.5. The summed E-state index contributed by atoms with van der Waals surface area (Å²) in [5.41, 5.74) is 6.70. The summed E-state index contributed by atoms with van der Waals surface area (Å²) in [5.74, 6) is 7.22. The Kier molecular flexibility index (Phi) is 13.0. The second-order valence-electron chi connectivity index (χ2n) is 16.6. The lowest BCUT2D eigenvalue weighted by Crippen LogP contribution is -2.45. The van der Waals surface area contributed by atoms with Crippen LogP contribution >= 0.6 is 23.2 Å². The second kappa shape index (κ2) is 18.9. The fourth-order valence-corrected chi connectivity index (χ4v) is 8.67. The average molecular weight is 912 g/mol. The smallest absolute Gasteiger partial charge is 0.317 e. The largest absolute Gasteiger partial charge is 0.340 e. The van der Waals surface area contributed by atoms with Crippen LogP contribution in [0.1, 0.15) is 77.3 Å². The zero-order valence-corrected chi connectivity index (χ0v) is 37.9. The number of rotatable bonds is 9. The van der Waals surface area contributed by atoms with Gasteiger partial charge in [-0.15, -0.1) is 0 Å². The number of aromatic amines is 2. The number of likely N-dealkylation sites (tertiary alicyclic amines) is 2. The first-order valence-electron chi connectivity index (χ1n) is 21.1. The van der Waals surface area contributed by atoms with Crippen LogP contribution in [0.2, 0.25) is 10.0 Å². The number of imidazole rings is 2. The van der Waals surface area contributed by atoms with Crippen LogP contribution in [0, 0.1) is 11.8 Å². The minimum absolute atomic E-state index is 0.257. The Bertz CT molecular complexity index is 2860. The molecule has 2 fully saturated rings. The SMILES string of the molecule is C=C1C[C@@H](c2ncc(-c3ccc(C#Cc4ccc5nc([C@@H]6CCCN6C(=O)[C@H](NC(=O)N(C)C)c6ccccc6Cl)[nH]c5c4)cc3)[nH]2)N(C(=O)[C@H](NC(=O)N(C)C)c2ccccc2Cl)C1. The predicted molar refractivity (Wildman–Crippen MR) is 251 cm³/mol. The highest BCUT2D eigenvalue weighted by molar-refractivity contribution is 6.32. The number of carbonyl (C=O) groups is 4. The third kappa shape index (κ3) is 9.57. The van der Waals surface area contributed by atoms with E-state index in [4.69, 9.17) is 33.2 Å². The zero-order chi connectivity index (χ0) is 45.9. The molecule has 0 radical (unpaired) electrons. The Hall–Kier alpha value is -7.08. The number of fused-ring (bicyclic) bond motifs is 1. The molecule has 4 aromatic carbocycles. The van der Waals surface area contributed by atoms with Gasteiger partial charge in [0.1, 0.15) is 23.7 Å². The summed E-state index contributed by atoms with van der Waals surface area (Å²) < 4.78 is 0. The number of hydrogen-bond donors (Lipinski definition) is 4. The van der Waals surface area contributed by atoms with Crippen LogP contribution in [-0.4, -0.2) is 105 Å². The minimum Gasteiger partial charge on any atom is -0.340 e. The van der Waals surface area contributed by atoms with Gasteiger partial charge < -0.3 is 40.2 Å². The monoisotopic (exact) mass is 910 g/mol. The average Bonchev–Trinajstić information content (AvgIpc) is 4.13. The lowest BCUT2D eigenvalue weighted by Gasteiger charge is -2.29. The number of benzene rings is 4. The van der Waals surface area contributed by atoms with Crippen molar-refractivity contribution < 1.29 is 19.2 Å². The molecule has 0 aliphatic carbocycles. The quantitative estimate of drug-likeness (QED) is 0.0845. The molecule has 0 unspecified atom stereocenters. The van der Waals surface area contributed by atoms with E-state index in [1.807, 2.05) is 42.5 Å². The van der Waals surface area contributed by atoms with Crippen LogP contribution < -0.4 is 10.6 Å². The molecule has 16 heteroatoms. The molecule has 332 valence electrons. The summed E-state index contributed by atoms with van der Waals surface area (Å²) in [6.07, 6.45) is 3.75. The van der Waals surface area contributed by atoms with Gasteiger partial charge in [-0.25, -0.2) is 19.6 Å². The van der Waals surface area contributed by atoms with Gasteiger partial charge in [-0.1, -0.05) is 95.7 Å². The van der Waals surface area contributed by atoms with Crippen molar-refractivity contribution in [1.29, 1.82) is 0 Å². The number of H-pyrrole nitrogens is 2. The van der Waals surface area contributed by atoms with Gasteiger partial charge in [0.2, 0.25) is 0 Å². The van der Waals surface area contributed by atoms with E-state index >= 15 is 0 Å². The number of carbonyl (C=O) groups excluding carboxylic acids is 4. The molecule has 6 amide bonds. The lowest BCUT2D eigenvalue weighted by atomic mass is 10.0. The molecule has 4 atom stereocenters. The minimum atomic E-state index is -1.01. The molecule has 4 N–H and O–H groups in total. The van der Waals surface area contributed by atoms with E-state index < -0.39 is 30.2 Å². The molecule has 4 heterocycles. The van der Waals surface area contributed by atoms with Crippen LogP contribution in [0.4, 0.5) is 9.59 Å². The summed E-state index contributed by atoms with van der Waals surface area (Å²) in [5, 5.41) is 6.47. The van der Waals surface area contributed by atoms with Gasteiger partial charge in [0.05, 0.1) is 35.0 Å². The normalized spacial score (nSPS) is 16.7. The number of halogens is 2. The standard InChI is InChI=1S/C49H48Cl2N10O4/c1-29-25-41(61(28-29)47(63)43(57-49(65)59(4)5)34-12-7-9-14-36(34)51)44-52-27-39(55-44)32-21-18-30(19-22-32)16-17-31-20-23-37-38(26-31)54-45(53-37)40-15-10-24-60(40)46(62)42(56-48(64)58(2)3)33-11-6-8-13-35(33)50/h6-9,11-14,18-23,26-27,40-43H,1,10,15,24-25,28H2,2-5H3,(H,52,55)(H,53,54)(H,56,64)(H,57,65)/t40-,41-,42+,43+/m0/s1. The Labute approximate surface area is 387 Å². The number of urea groups is 2. The molecule has 2 aromatic heterocycles. The summed E-state index contributed by atoms with van der Waals surface area (Å²) >= 11 is 13.1. The lowest BCUT2D eigenvalue weighted by molar-refractivity contribution is -0.135. The highest BCUT2D eigenvalue weighted by Crippen LogP contribution is 2.38. The molecular formula is C49H48Cl2N10O4. The van der Waals surface area contributed by atoms with Crippen molar-refractivity contribution in [3.8, 4) is 23.1 Å². The van der Waals surface area contributed by atoms with Gasteiger partial charge in [0.25, 0.3) is 11.8 Å². The van der Waals surface area contributed by atoms with Gasteiger partial charge in [-0.2, -0.15) is 0 Å². The molecule has 2 aliphatic heterocycles. The number of aromatic nitrogens is 4. The summed E-state index contributed by atoms with van der Waals surface area (Å²) in [6, 6.07) is 24.1. The molecule has 8 rings (SSSR count). The van der Waals surface area contributed by atoms with Crippen molar-refractivity contribution in [2.24, 2.45) is 0 Å². The van der Waals surface area contributed by atoms with Crippen molar-refractivity contribution in [3.63, 3.8) is 0 Å². The predicted octanol–water partition coefficient (Wildman–Crippen LogP) is 8.18. The van der Waals surface area contributed by atoms with Crippen LogP contribution in [0.5, 0.6) is 0 Å². The van der Waals surface area contributed by atoms with Crippen LogP contribution in [0.25, 0.3) is 22.3 Å². The van der Waals surface area contributed by atoms with Crippen LogP contribution in [0.3, 0.4) is 0 Å². The molecule has 6 aromatic rings. The number of hydrogen-bond acceptors (Lipinski definition) is 6. The van der Waals surface area contributed by atoms with E-state index in [1.54, 1.807) is 92.7 Å². The maximum Gasteiger partial charge on any atom is 0.317 e. The Morgan fingerprint density at radius 3 is 1.95 bits per heavy atom. The summed E-state index contributed by atoms with van der Waals surface area (Å²) in [4.78, 5) is 76.7. The Balaban J connectivity index is 0.959. The van der Waals surface area contributed by atoms with Gasteiger partial charge in [0.15, 0.2) is 0 Å². The number of amides is 6. The first-order valence-corrected chi connectivity index (χ1v) is 21.9. The van der Waals surface area contributed by atoms with E-state index in [9.17, 15) is 19.2 Å². The fraction of sp³-hybridized carbons (Fsp3) is 0.265. The molecule has 2 saturated heterocycles. The summed E-state index contributed by atoms with van der Waals surface area (Å²) in [7, 11) is 6.46.